The van der Waals surface area contributed by atoms with Gasteiger partial charge >= 0.3 is 0 Å². The summed E-state index contributed by atoms with van der Waals surface area (Å²) in [7, 11) is 0. The van der Waals surface area contributed by atoms with Crippen LogP contribution in [0.3, 0.4) is 0 Å². The van der Waals surface area contributed by atoms with E-state index >= 15 is 0 Å². The molecule has 0 saturated carbocycles. The first kappa shape index (κ1) is 19.4. The zero-order chi connectivity index (χ0) is 23.6. The molecule has 1 aliphatic heterocycles. The summed E-state index contributed by atoms with van der Waals surface area (Å²) in [6.45, 7) is 0.569. The summed E-state index contributed by atoms with van der Waals surface area (Å²) < 4.78 is 12.4. The highest BCUT2D eigenvalue weighted by atomic mass is 16.3. The molecule has 36 heavy (non-hydrogen) atoms. The summed E-state index contributed by atoms with van der Waals surface area (Å²) >= 11 is 0. The van der Waals surface area contributed by atoms with Crippen LogP contribution >= 0.6 is 0 Å². The lowest BCUT2D eigenvalue weighted by atomic mass is 10.1. The van der Waals surface area contributed by atoms with Crippen LogP contribution in [0.2, 0.25) is 0 Å². The number of pyridine rings is 1. The van der Waals surface area contributed by atoms with E-state index in [-0.39, 0.29) is 0 Å². The highest BCUT2D eigenvalue weighted by molar-refractivity contribution is 6.15. The summed E-state index contributed by atoms with van der Waals surface area (Å²) in [6.07, 6.45) is 3.74. The zero-order valence-corrected chi connectivity index (χ0v) is 19.2. The summed E-state index contributed by atoms with van der Waals surface area (Å²) in [5, 5.41) is 5.40. The molecule has 0 saturated heterocycles. The van der Waals surface area contributed by atoms with Crippen molar-refractivity contribution in [2.75, 3.05) is 4.90 Å². The Morgan fingerprint density at radius 3 is 2.50 bits per heavy atom. The van der Waals surface area contributed by atoms with Crippen LogP contribution in [0.4, 0.5) is 17.2 Å². The number of hydrogen-bond donors (Lipinski definition) is 0. The zero-order valence-electron chi connectivity index (χ0n) is 19.2. The number of aliphatic imine (C=N–C) groups is 1. The lowest BCUT2D eigenvalue weighted by Gasteiger charge is -2.26. The first-order valence-electron chi connectivity index (χ1n) is 11.9. The van der Waals surface area contributed by atoms with Gasteiger partial charge in [0, 0.05) is 29.0 Å². The van der Waals surface area contributed by atoms with Crippen LogP contribution in [0, 0.1) is 0 Å². The molecule has 3 aromatic heterocycles. The first-order valence-corrected chi connectivity index (χ1v) is 11.9. The molecular formula is C31H19N3O2. The van der Waals surface area contributed by atoms with Gasteiger partial charge in [-0.1, -0.05) is 54.6 Å². The number of benzene rings is 4. The Morgan fingerprint density at radius 1 is 0.694 bits per heavy atom. The van der Waals surface area contributed by atoms with Gasteiger partial charge in [0.25, 0.3) is 0 Å². The van der Waals surface area contributed by atoms with Crippen molar-refractivity contribution in [3.63, 3.8) is 0 Å². The summed E-state index contributed by atoms with van der Waals surface area (Å²) in [5.41, 5.74) is 5.53. The van der Waals surface area contributed by atoms with Gasteiger partial charge < -0.3 is 8.83 Å². The number of aromatic nitrogens is 1. The monoisotopic (exact) mass is 465 g/mol. The molecule has 0 bridgehead atoms. The van der Waals surface area contributed by atoms with Crippen molar-refractivity contribution in [1.82, 2.24) is 4.98 Å². The van der Waals surface area contributed by atoms with Gasteiger partial charge in [0.1, 0.15) is 28.3 Å². The highest BCUT2D eigenvalue weighted by Gasteiger charge is 2.26. The standard InChI is InChI=1S/C31H19N3O2/c1-2-7-20-16-21(13-12-19(20)6-1)34(24-9-5-11-26-29(24)23-17-32-18-28(23)36-26)31-30-22-8-3-4-10-25(22)35-27(30)14-15-33-31/h1-17H,18H2. The topological polar surface area (TPSA) is 54.8 Å². The van der Waals surface area contributed by atoms with E-state index in [4.69, 9.17) is 13.8 Å². The molecule has 4 heterocycles. The molecule has 0 N–H and O–H groups in total. The normalized spacial score (nSPS) is 12.8. The molecule has 5 nitrogen and oxygen atoms in total. The van der Waals surface area contributed by atoms with Crippen molar-refractivity contribution >= 4 is 67.1 Å². The van der Waals surface area contributed by atoms with Crippen LogP contribution in [-0.4, -0.2) is 11.2 Å². The van der Waals surface area contributed by atoms with Gasteiger partial charge in [-0.05, 0) is 47.2 Å². The minimum atomic E-state index is 0.569. The van der Waals surface area contributed by atoms with E-state index < -0.39 is 0 Å². The minimum absolute atomic E-state index is 0.569. The van der Waals surface area contributed by atoms with Crippen LogP contribution in [0.15, 0.2) is 111 Å². The maximum absolute atomic E-state index is 6.23. The van der Waals surface area contributed by atoms with Gasteiger partial charge in [0.05, 0.1) is 23.0 Å². The SMILES string of the molecule is C1=NCc2oc3cccc(N(c4ccc5ccccc5c4)c4nccc5oc6ccccc6c45)c3c21. The predicted molar refractivity (Wildman–Crippen MR) is 145 cm³/mol. The minimum Gasteiger partial charge on any atom is -0.458 e. The first-order chi connectivity index (χ1) is 17.8. The average molecular weight is 466 g/mol. The number of hydrogen-bond acceptors (Lipinski definition) is 5. The number of fused-ring (bicyclic) bond motifs is 7. The van der Waals surface area contributed by atoms with Gasteiger partial charge in [0.2, 0.25) is 0 Å². The Morgan fingerprint density at radius 2 is 1.53 bits per heavy atom. The lowest BCUT2D eigenvalue weighted by molar-refractivity contribution is 0.557. The van der Waals surface area contributed by atoms with Crippen LogP contribution < -0.4 is 4.90 Å². The molecule has 0 aliphatic carbocycles. The summed E-state index contributed by atoms with van der Waals surface area (Å²) in [4.78, 5) is 11.6. The molecule has 4 aromatic carbocycles. The van der Waals surface area contributed by atoms with E-state index in [9.17, 15) is 0 Å². The second-order valence-corrected chi connectivity index (χ2v) is 9.03. The van der Waals surface area contributed by atoms with E-state index in [1.54, 1.807) is 0 Å². The number of nitrogens with zero attached hydrogens (tertiary/aromatic N) is 3. The Kier molecular flexibility index (Phi) is 3.93. The Labute approximate surface area is 205 Å². The second kappa shape index (κ2) is 7.30. The molecule has 170 valence electrons. The van der Waals surface area contributed by atoms with E-state index in [0.29, 0.717) is 6.54 Å². The van der Waals surface area contributed by atoms with Crippen molar-refractivity contribution in [3.8, 4) is 0 Å². The second-order valence-electron chi connectivity index (χ2n) is 9.03. The van der Waals surface area contributed by atoms with E-state index in [2.05, 4.69) is 64.5 Å². The van der Waals surface area contributed by atoms with Gasteiger partial charge in [0.15, 0.2) is 0 Å². The average Bonchev–Trinajstić information content (AvgIpc) is 3.62. The Bertz CT molecular complexity index is 2000. The van der Waals surface area contributed by atoms with Crippen molar-refractivity contribution < 1.29 is 8.83 Å². The summed E-state index contributed by atoms with van der Waals surface area (Å²) in [6, 6.07) is 31.2. The van der Waals surface area contributed by atoms with Crippen molar-refractivity contribution in [3.05, 3.63) is 109 Å². The number of para-hydroxylation sites is 1. The fraction of sp³-hybridized carbons (Fsp3) is 0.0323. The van der Waals surface area contributed by atoms with E-state index in [1.807, 2.05) is 48.8 Å². The molecule has 7 aromatic rings. The quantitative estimate of drug-likeness (QED) is 0.263. The third-order valence-corrected chi connectivity index (χ3v) is 6.98. The largest absolute Gasteiger partial charge is 0.458 e. The predicted octanol–water partition coefficient (Wildman–Crippen LogP) is 8.28. The molecule has 8 rings (SSSR count). The molecule has 0 radical (unpaired) electrons. The van der Waals surface area contributed by atoms with Gasteiger partial charge in [-0.25, -0.2) is 4.98 Å². The molecule has 0 atom stereocenters. The third-order valence-electron chi connectivity index (χ3n) is 6.98. The van der Waals surface area contributed by atoms with E-state index in [0.717, 1.165) is 66.8 Å². The molecule has 1 aliphatic rings. The lowest BCUT2D eigenvalue weighted by Crippen LogP contribution is -2.12. The number of anilines is 3. The van der Waals surface area contributed by atoms with Crippen molar-refractivity contribution in [1.29, 1.82) is 0 Å². The van der Waals surface area contributed by atoms with Crippen LogP contribution in [0.25, 0.3) is 43.7 Å². The van der Waals surface area contributed by atoms with Crippen LogP contribution in [-0.2, 0) is 6.54 Å². The molecular weight excluding hydrogens is 446 g/mol. The highest BCUT2D eigenvalue weighted by Crippen LogP contribution is 2.45. The molecule has 0 fully saturated rings. The van der Waals surface area contributed by atoms with Crippen molar-refractivity contribution in [2.45, 2.75) is 6.54 Å². The fourth-order valence-electron chi connectivity index (χ4n) is 5.38. The Hall–Kier alpha value is -4.90. The molecule has 0 spiro atoms. The molecule has 0 amide bonds. The maximum atomic E-state index is 6.23. The van der Waals surface area contributed by atoms with Gasteiger partial charge in [-0.3, -0.25) is 9.89 Å². The maximum Gasteiger partial charge on any atom is 0.149 e. The van der Waals surface area contributed by atoms with Crippen molar-refractivity contribution in [2.24, 2.45) is 4.99 Å². The third kappa shape index (κ3) is 2.71. The van der Waals surface area contributed by atoms with Gasteiger partial charge in [-0.15, -0.1) is 0 Å². The van der Waals surface area contributed by atoms with Crippen LogP contribution in [0.5, 0.6) is 0 Å². The van der Waals surface area contributed by atoms with Gasteiger partial charge in [-0.2, -0.15) is 0 Å². The number of rotatable bonds is 3. The molecule has 0 unspecified atom stereocenters. The molecule has 5 heteroatoms. The van der Waals surface area contributed by atoms with E-state index in [1.165, 1.54) is 5.39 Å². The number of furan rings is 2. The summed E-state index contributed by atoms with van der Waals surface area (Å²) in [5.74, 6) is 1.71. The fourth-order valence-corrected chi connectivity index (χ4v) is 5.38. The Balaban J connectivity index is 1.50. The van der Waals surface area contributed by atoms with Crippen LogP contribution in [0.1, 0.15) is 11.3 Å². The smallest absolute Gasteiger partial charge is 0.149 e.